The number of ketones is 1. The number of hydrogen-bond acceptors (Lipinski definition) is 5. The average Bonchev–Trinajstić information content (AvgIpc) is 3.09. The molecule has 34 heavy (non-hydrogen) atoms. The van der Waals surface area contributed by atoms with Gasteiger partial charge in [0.1, 0.15) is 17.3 Å². The summed E-state index contributed by atoms with van der Waals surface area (Å²) in [7, 11) is 3.02. The zero-order valence-corrected chi connectivity index (χ0v) is 19.9. The highest BCUT2D eigenvalue weighted by atomic mass is 35.5. The molecular weight excluding hydrogens is 477 g/mol. The number of carbonyl (C=O) groups excluding carboxylic acids is 2. The Hall–Kier alpha value is -3.48. The number of amides is 1. The fourth-order valence-corrected chi connectivity index (χ4v) is 4.40. The zero-order valence-electron chi connectivity index (χ0n) is 18.4. The third kappa shape index (κ3) is 4.34. The maximum atomic E-state index is 13.2. The van der Waals surface area contributed by atoms with Crippen LogP contribution in [-0.2, 0) is 16.1 Å². The van der Waals surface area contributed by atoms with E-state index in [4.69, 9.17) is 32.7 Å². The van der Waals surface area contributed by atoms with Gasteiger partial charge in [-0.1, -0.05) is 53.5 Å². The summed E-state index contributed by atoms with van der Waals surface area (Å²) in [5.74, 6) is -0.845. The lowest BCUT2D eigenvalue weighted by Crippen LogP contribution is -2.29. The number of Topliss-reactive ketones (excluding diaryl/α,β-unsaturated/α-hetero) is 1. The Bertz CT molecular complexity index is 1290. The van der Waals surface area contributed by atoms with E-state index >= 15 is 0 Å². The Morgan fingerprint density at radius 1 is 0.941 bits per heavy atom. The number of rotatable bonds is 6. The van der Waals surface area contributed by atoms with E-state index in [1.807, 2.05) is 18.2 Å². The number of aliphatic hydroxyl groups is 1. The predicted octanol–water partition coefficient (Wildman–Crippen LogP) is 5.63. The summed E-state index contributed by atoms with van der Waals surface area (Å²) in [6, 6.07) is 17.8. The first-order chi connectivity index (χ1) is 16.3. The number of methoxy groups -OCH3 is 2. The van der Waals surface area contributed by atoms with Gasteiger partial charge in [0.2, 0.25) is 0 Å². The number of hydrogen-bond donors (Lipinski definition) is 1. The molecule has 0 aromatic heterocycles. The number of para-hydroxylation sites is 1. The van der Waals surface area contributed by atoms with Crippen molar-refractivity contribution >= 4 is 40.7 Å². The molecule has 174 valence electrons. The van der Waals surface area contributed by atoms with Crippen LogP contribution in [0.4, 0.5) is 0 Å². The van der Waals surface area contributed by atoms with E-state index in [0.29, 0.717) is 27.6 Å². The van der Waals surface area contributed by atoms with Crippen LogP contribution in [0, 0.1) is 0 Å². The molecule has 0 saturated carbocycles. The molecule has 0 aliphatic carbocycles. The number of benzene rings is 3. The van der Waals surface area contributed by atoms with E-state index in [9.17, 15) is 14.7 Å². The summed E-state index contributed by atoms with van der Waals surface area (Å²) in [6.45, 7) is 0.0992. The lowest BCUT2D eigenvalue weighted by Gasteiger charge is -2.26. The summed E-state index contributed by atoms with van der Waals surface area (Å²) in [6.07, 6.45) is 0. The topological polar surface area (TPSA) is 76.1 Å². The van der Waals surface area contributed by atoms with Gasteiger partial charge in [-0.3, -0.25) is 9.59 Å². The van der Waals surface area contributed by atoms with Gasteiger partial charge in [0.25, 0.3) is 11.7 Å². The molecule has 0 spiro atoms. The highest BCUT2D eigenvalue weighted by Gasteiger charge is 2.46. The van der Waals surface area contributed by atoms with Crippen molar-refractivity contribution in [3.8, 4) is 11.5 Å². The quantitative estimate of drug-likeness (QED) is 0.271. The molecule has 8 heteroatoms. The second-order valence-corrected chi connectivity index (χ2v) is 8.48. The molecule has 4 rings (SSSR count). The van der Waals surface area contributed by atoms with Crippen molar-refractivity contribution in [1.82, 2.24) is 4.90 Å². The fraction of sp³-hybridized carbons (Fsp3) is 0.154. The Balaban J connectivity index is 1.87. The van der Waals surface area contributed by atoms with E-state index in [0.717, 1.165) is 5.56 Å². The van der Waals surface area contributed by atoms with Gasteiger partial charge in [0, 0.05) is 16.1 Å². The fourth-order valence-electron chi connectivity index (χ4n) is 4.02. The van der Waals surface area contributed by atoms with Gasteiger partial charge in [-0.15, -0.1) is 0 Å². The van der Waals surface area contributed by atoms with Gasteiger partial charge in [-0.25, -0.2) is 0 Å². The number of nitrogens with zero attached hydrogens (tertiary/aromatic N) is 1. The van der Waals surface area contributed by atoms with Crippen LogP contribution in [0.5, 0.6) is 11.5 Å². The van der Waals surface area contributed by atoms with Gasteiger partial charge in [-0.2, -0.15) is 0 Å². The van der Waals surface area contributed by atoms with E-state index in [1.54, 1.807) is 42.5 Å². The second kappa shape index (κ2) is 9.79. The molecule has 6 nitrogen and oxygen atoms in total. The molecule has 1 N–H and O–H groups in total. The van der Waals surface area contributed by atoms with Crippen LogP contribution < -0.4 is 9.47 Å². The van der Waals surface area contributed by atoms with Crippen LogP contribution in [-0.4, -0.2) is 35.9 Å². The SMILES string of the molecule is COc1ccc(/C(O)=C2/C(=O)C(=O)N(Cc3ccccc3OC)C2c2ccc(Cl)cc2)cc1Cl. The van der Waals surface area contributed by atoms with Gasteiger partial charge >= 0.3 is 0 Å². The number of likely N-dealkylation sites (tertiary alicyclic amines) is 1. The molecule has 3 aromatic carbocycles. The minimum absolute atomic E-state index is 0.0385. The van der Waals surface area contributed by atoms with Crippen molar-refractivity contribution in [3.05, 3.63) is 99.0 Å². The van der Waals surface area contributed by atoms with Crippen molar-refractivity contribution in [3.63, 3.8) is 0 Å². The Labute approximate surface area is 206 Å². The highest BCUT2D eigenvalue weighted by molar-refractivity contribution is 6.46. The predicted molar refractivity (Wildman–Crippen MR) is 130 cm³/mol. The van der Waals surface area contributed by atoms with E-state index in [1.165, 1.54) is 25.2 Å². The smallest absolute Gasteiger partial charge is 0.295 e. The third-order valence-corrected chi connectivity index (χ3v) is 6.23. The molecule has 1 aliphatic rings. The summed E-state index contributed by atoms with van der Waals surface area (Å²) in [5.41, 5.74) is 1.60. The molecule has 0 bridgehead atoms. The summed E-state index contributed by atoms with van der Waals surface area (Å²) < 4.78 is 10.6. The molecule has 1 heterocycles. The standard InChI is InChI=1S/C26H21Cl2NO5/c1-33-20-6-4-3-5-17(20)14-29-23(15-7-10-18(27)11-8-15)22(25(31)26(29)32)24(30)16-9-12-21(34-2)19(28)13-16/h3-13,23,30H,14H2,1-2H3/b24-22-. The summed E-state index contributed by atoms with van der Waals surface area (Å²) >= 11 is 12.3. The van der Waals surface area contributed by atoms with Crippen LogP contribution in [0.15, 0.2) is 72.3 Å². The maximum Gasteiger partial charge on any atom is 0.295 e. The molecule has 3 aromatic rings. The van der Waals surface area contributed by atoms with Gasteiger partial charge in [0.15, 0.2) is 0 Å². The van der Waals surface area contributed by atoms with Gasteiger partial charge in [-0.05, 0) is 42.0 Å². The molecular formula is C26H21Cl2NO5. The second-order valence-electron chi connectivity index (χ2n) is 7.64. The molecule has 0 radical (unpaired) electrons. The number of carbonyl (C=O) groups is 2. The van der Waals surface area contributed by atoms with Crippen molar-refractivity contribution in [2.45, 2.75) is 12.6 Å². The van der Waals surface area contributed by atoms with Crippen LogP contribution in [0.3, 0.4) is 0 Å². The Morgan fingerprint density at radius 2 is 1.62 bits per heavy atom. The van der Waals surface area contributed by atoms with E-state index in [2.05, 4.69) is 0 Å². The lowest BCUT2D eigenvalue weighted by atomic mass is 9.95. The summed E-state index contributed by atoms with van der Waals surface area (Å²) in [4.78, 5) is 27.8. The third-order valence-electron chi connectivity index (χ3n) is 5.68. The molecule has 1 atom stereocenters. The minimum atomic E-state index is -0.844. The first kappa shape index (κ1) is 23.7. The van der Waals surface area contributed by atoms with E-state index in [-0.39, 0.29) is 22.9 Å². The van der Waals surface area contributed by atoms with Crippen molar-refractivity contribution in [2.24, 2.45) is 0 Å². The van der Waals surface area contributed by atoms with Crippen LogP contribution in [0.1, 0.15) is 22.7 Å². The van der Waals surface area contributed by atoms with E-state index < -0.39 is 17.7 Å². The van der Waals surface area contributed by atoms with Crippen molar-refractivity contribution in [1.29, 1.82) is 0 Å². The molecule has 1 amide bonds. The van der Waals surface area contributed by atoms with Crippen molar-refractivity contribution in [2.75, 3.05) is 14.2 Å². The van der Waals surface area contributed by atoms with Gasteiger partial charge in [0.05, 0.1) is 37.4 Å². The molecule has 1 fully saturated rings. The molecule has 1 saturated heterocycles. The minimum Gasteiger partial charge on any atom is -0.507 e. The van der Waals surface area contributed by atoms with Gasteiger partial charge < -0.3 is 19.5 Å². The Morgan fingerprint density at radius 3 is 2.26 bits per heavy atom. The first-order valence-corrected chi connectivity index (χ1v) is 11.1. The average molecular weight is 498 g/mol. The van der Waals surface area contributed by atoms with Crippen LogP contribution in [0.2, 0.25) is 10.0 Å². The normalized spacial score (nSPS) is 17.2. The maximum absolute atomic E-state index is 13.2. The highest BCUT2D eigenvalue weighted by Crippen LogP contribution is 2.42. The number of aliphatic hydroxyl groups excluding tert-OH is 1. The monoisotopic (exact) mass is 497 g/mol. The molecule has 1 unspecified atom stereocenters. The van der Waals surface area contributed by atoms with Crippen molar-refractivity contribution < 1.29 is 24.2 Å². The number of halogens is 2. The Kier molecular flexibility index (Phi) is 6.82. The largest absolute Gasteiger partial charge is 0.507 e. The molecule has 1 aliphatic heterocycles. The first-order valence-electron chi connectivity index (χ1n) is 10.4. The zero-order chi connectivity index (χ0) is 24.4. The summed E-state index contributed by atoms with van der Waals surface area (Å²) in [5, 5.41) is 12.0. The lowest BCUT2D eigenvalue weighted by molar-refractivity contribution is -0.140. The van der Waals surface area contributed by atoms with Crippen LogP contribution >= 0.6 is 23.2 Å². The van der Waals surface area contributed by atoms with Crippen LogP contribution in [0.25, 0.3) is 5.76 Å². The number of ether oxygens (including phenoxy) is 2.